The quantitative estimate of drug-likeness (QED) is 0.372. The lowest BCUT2D eigenvalue weighted by Gasteiger charge is -1.86. The van der Waals surface area contributed by atoms with Crippen molar-refractivity contribution in [3.8, 4) is 0 Å². The molecule has 0 aliphatic heterocycles. The topological polar surface area (TPSA) is 0 Å². The molecule has 0 bridgehead atoms. The van der Waals surface area contributed by atoms with Gasteiger partial charge in [0.15, 0.2) is 0 Å². The summed E-state index contributed by atoms with van der Waals surface area (Å²) in [7, 11) is 0. The molecule has 0 N–H and O–H groups in total. The summed E-state index contributed by atoms with van der Waals surface area (Å²) in [4.78, 5) is 0. The number of rotatable bonds is 3. The second kappa shape index (κ2) is 12.8. The molecule has 62 valence electrons. The Labute approximate surface area is 82.7 Å². The minimum absolute atomic E-state index is 0.0833. The van der Waals surface area contributed by atoms with Crippen molar-refractivity contribution in [3.63, 3.8) is 0 Å². The Morgan fingerprint density at radius 2 is 1.30 bits per heavy atom. The largest absolute Gasteiger partial charge is 0.265 e. The summed E-state index contributed by atoms with van der Waals surface area (Å²) >= 11 is 11.1. The summed E-state index contributed by atoms with van der Waals surface area (Å²) in [6.07, 6.45) is 5.54. The van der Waals surface area contributed by atoms with E-state index < -0.39 is 0 Å². The minimum atomic E-state index is -0.0833. The molecule has 0 aromatic rings. The van der Waals surface area contributed by atoms with Crippen LogP contribution in [0.3, 0.4) is 0 Å². The normalized spacial score (nSPS) is 8.90. The van der Waals surface area contributed by atoms with Gasteiger partial charge in [-0.3, -0.25) is 0 Å². The molecule has 3 heteroatoms. The van der Waals surface area contributed by atoms with Crippen LogP contribution in [0.15, 0.2) is 0 Å². The summed E-state index contributed by atoms with van der Waals surface area (Å²) < 4.78 is -0.0833. The van der Waals surface area contributed by atoms with Crippen LogP contribution in [0.5, 0.6) is 0 Å². The second-order valence-corrected chi connectivity index (χ2v) is 6.38. The Bertz CT molecular complexity index is 42.1. The van der Waals surface area contributed by atoms with Crippen molar-refractivity contribution >= 4 is 39.5 Å². The van der Waals surface area contributed by atoms with Crippen LogP contribution in [-0.4, -0.2) is 20.0 Å². The molecular weight excluding hydrogens is 182 g/mol. The first-order valence-electron chi connectivity index (χ1n) is 3.93. The lowest BCUT2D eigenvalue weighted by molar-refractivity contribution is 0.702. The highest BCUT2D eigenvalue weighted by Gasteiger charge is 1.77. The molecule has 0 fully saturated rings. The van der Waals surface area contributed by atoms with Crippen LogP contribution in [0, 0.1) is 0 Å². The van der Waals surface area contributed by atoms with Crippen LogP contribution in [0.4, 0.5) is 0 Å². The van der Waals surface area contributed by atoms with Gasteiger partial charge in [-0.2, -0.15) is 0 Å². The third kappa shape index (κ3) is 35.5. The van der Waals surface area contributed by atoms with Crippen molar-refractivity contribution in [1.82, 2.24) is 0 Å². The number of hydrogen-bond donors (Lipinski definition) is 0. The van der Waals surface area contributed by atoms with Gasteiger partial charge in [-0.25, -0.2) is 0 Å². The van der Waals surface area contributed by atoms with E-state index in [0.29, 0.717) is 0 Å². The highest BCUT2D eigenvalue weighted by atomic mass is 35.5. The number of halogens is 2. The summed E-state index contributed by atoms with van der Waals surface area (Å²) in [6.45, 7) is 4.46. The van der Waals surface area contributed by atoms with E-state index >= 15 is 0 Å². The number of alkyl halides is 2. The molecule has 0 unspecified atom stereocenters. The monoisotopic (exact) mass is 198 g/mol. The fraction of sp³-hybridized carbons (Fsp3) is 1.00. The van der Waals surface area contributed by atoms with Crippen molar-refractivity contribution in [3.05, 3.63) is 0 Å². The number of hydrogen-bond acceptors (Lipinski definition) is 0. The zero-order chi connectivity index (χ0) is 8.41. The molecule has 0 radical (unpaired) electrons. The molecule has 0 aliphatic carbocycles. The van der Waals surface area contributed by atoms with E-state index in [1.54, 1.807) is 0 Å². The van der Waals surface area contributed by atoms with Crippen LogP contribution in [-0.2, 0) is 0 Å². The van der Waals surface area contributed by atoms with Crippen molar-refractivity contribution in [2.24, 2.45) is 0 Å². The highest BCUT2D eigenvalue weighted by molar-refractivity contribution is 6.60. The van der Waals surface area contributed by atoms with Crippen LogP contribution in [0.25, 0.3) is 0 Å². The average molecular weight is 199 g/mol. The molecule has 0 aliphatic rings. The molecule has 0 heterocycles. The van der Waals surface area contributed by atoms with Crippen molar-refractivity contribution in [2.45, 2.75) is 43.2 Å². The highest BCUT2D eigenvalue weighted by Crippen LogP contribution is 1.95. The first kappa shape index (κ1) is 13.7. The first-order chi connectivity index (χ1) is 4.65. The maximum Gasteiger partial charge on any atom is 0.265 e. The minimum Gasteiger partial charge on any atom is -0.124 e. The van der Waals surface area contributed by atoms with Gasteiger partial charge in [-0.1, -0.05) is 39.5 Å². The van der Waals surface area contributed by atoms with Gasteiger partial charge in [-0.05, 0) is 0 Å². The van der Waals surface area contributed by atoms with Crippen LogP contribution >= 0.6 is 23.2 Å². The van der Waals surface area contributed by atoms with Crippen molar-refractivity contribution in [2.75, 3.05) is 0 Å². The van der Waals surface area contributed by atoms with Gasteiger partial charge in [0.2, 0.25) is 0 Å². The third-order valence-corrected chi connectivity index (χ3v) is 0.957. The van der Waals surface area contributed by atoms with E-state index in [9.17, 15) is 0 Å². The summed E-state index contributed by atoms with van der Waals surface area (Å²) in [6, 6.07) is 0. The summed E-state index contributed by atoms with van der Waals surface area (Å²) in [5.74, 6) is 0. The Kier molecular flexibility index (Phi) is 17.5. The van der Waals surface area contributed by atoms with Gasteiger partial charge in [0.1, 0.15) is 0 Å². The maximum absolute atomic E-state index is 5.10. The predicted octanol–water partition coefficient (Wildman–Crippen LogP) is 2.97. The summed E-state index contributed by atoms with van der Waals surface area (Å²) in [5.41, 5.74) is 0. The molecule has 0 aromatic carbocycles. The first-order valence-corrected chi connectivity index (χ1v) is 5.96. The molecule has 0 spiro atoms. The van der Waals surface area contributed by atoms with E-state index in [2.05, 4.69) is 13.8 Å². The van der Waals surface area contributed by atoms with Gasteiger partial charge in [-0.15, -0.1) is 23.2 Å². The van der Waals surface area contributed by atoms with Gasteiger partial charge in [0.25, 0.3) is 16.3 Å². The zero-order valence-corrected chi connectivity index (χ0v) is 10.7. The van der Waals surface area contributed by atoms with E-state index in [0.717, 1.165) is 16.3 Å². The fourth-order valence-corrected chi connectivity index (χ4v) is 0.500. The van der Waals surface area contributed by atoms with Gasteiger partial charge in [0, 0.05) is 3.70 Å². The van der Waals surface area contributed by atoms with Gasteiger partial charge < -0.3 is 0 Å². The molecule has 0 saturated carbocycles. The zero-order valence-electron chi connectivity index (χ0n) is 7.16. The molecule has 0 atom stereocenters. The summed E-state index contributed by atoms with van der Waals surface area (Å²) in [5, 5.41) is 0. The van der Waals surface area contributed by atoms with Crippen LogP contribution in [0.1, 0.15) is 39.5 Å². The number of unbranched alkanes of at least 4 members (excludes halogenated alkanes) is 3. The van der Waals surface area contributed by atoms with Gasteiger partial charge in [0.05, 0.1) is 0 Å². The Morgan fingerprint density at radius 3 is 1.40 bits per heavy atom. The van der Waals surface area contributed by atoms with E-state index in [4.69, 9.17) is 23.2 Å². The predicted molar refractivity (Wildman–Crippen MR) is 53.9 cm³/mol. The second-order valence-electron chi connectivity index (χ2n) is 2.23. The average Bonchev–Trinajstić information content (AvgIpc) is 1.82. The standard InChI is InChI=1S/C6H14.CHCl2.Al.2H/c1-3-5-6-4-2;2-1-3;;;/h3-6H2,1-2H3;1H;;;. The van der Waals surface area contributed by atoms with Crippen LogP contribution in [0.2, 0.25) is 0 Å². The van der Waals surface area contributed by atoms with E-state index in [-0.39, 0.29) is 3.70 Å². The van der Waals surface area contributed by atoms with Crippen molar-refractivity contribution < 1.29 is 0 Å². The van der Waals surface area contributed by atoms with Crippen molar-refractivity contribution in [1.29, 1.82) is 0 Å². The van der Waals surface area contributed by atoms with E-state index in [1.165, 1.54) is 25.7 Å². The molecular formula is C7H17AlCl2. The maximum atomic E-state index is 5.10. The lowest BCUT2D eigenvalue weighted by atomic mass is 10.2. The molecule has 0 nitrogen and oxygen atoms in total. The lowest BCUT2D eigenvalue weighted by Crippen LogP contribution is -1.75. The molecule has 0 amide bonds. The molecule has 0 saturated heterocycles. The van der Waals surface area contributed by atoms with Crippen LogP contribution < -0.4 is 0 Å². The SMILES string of the molecule is CCCCCC.[AlH2][CH](Cl)Cl. The molecule has 10 heavy (non-hydrogen) atoms. The molecule has 0 rings (SSSR count). The Balaban J connectivity index is 0. The smallest absolute Gasteiger partial charge is 0.124 e. The fourth-order valence-electron chi connectivity index (χ4n) is 0.500. The van der Waals surface area contributed by atoms with E-state index in [1.807, 2.05) is 0 Å². The molecule has 0 aromatic heterocycles. The third-order valence-electron chi connectivity index (χ3n) is 0.957. The Morgan fingerprint density at radius 1 is 1.10 bits per heavy atom. The van der Waals surface area contributed by atoms with Gasteiger partial charge >= 0.3 is 0 Å². The Hall–Kier alpha value is 1.11.